The van der Waals surface area contributed by atoms with E-state index in [2.05, 4.69) is 5.32 Å². The van der Waals surface area contributed by atoms with Crippen LogP contribution in [0, 0.1) is 6.92 Å². The van der Waals surface area contributed by atoms with Crippen LogP contribution < -0.4 is 11.1 Å². The van der Waals surface area contributed by atoms with Gasteiger partial charge in [-0.15, -0.1) is 0 Å². The molecule has 1 aromatic rings. The van der Waals surface area contributed by atoms with Gasteiger partial charge in [-0.3, -0.25) is 4.79 Å². The number of carboxylic acid groups (broad SMARTS) is 1. The van der Waals surface area contributed by atoms with E-state index >= 15 is 0 Å². The molecule has 1 atom stereocenters. The molecule has 1 rings (SSSR count). The molecule has 4 N–H and O–H groups in total. The van der Waals surface area contributed by atoms with Gasteiger partial charge in [0.1, 0.15) is 0 Å². The molecular weight excluding hydrogens is 264 g/mol. The van der Waals surface area contributed by atoms with Gasteiger partial charge in [-0.05, 0) is 43.0 Å². The summed E-state index contributed by atoms with van der Waals surface area (Å²) in [7, 11) is 0. The monoisotopic (exact) mass is 282 g/mol. The molecule has 0 aliphatic carbocycles. The molecule has 19 heavy (non-hydrogen) atoms. The van der Waals surface area contributed by atoms with E-state index in [9.17, 15) is 9.59 Å². The lowest BCUT2D eigenvalue weighted by molar-refractivity contribution is -0.117. The summed E-state index contributed by atoms with van der Waals surface area (Å²) in [5, 5.41) is 11.6. The largest absolute Gasteiger partial charge is 0.478 e. The number of amides is 1. The van der Waals surface area contributed by atoms with E-state index in [4.69, 9.17) is 10.8 Å². The summed E-state index contributed by atoms with van der Waals surface area (Å²) in [5.74, 6) is -0.509. The van der Waals surface area contributed by atoms with Crippen LogP contribution in [-0.2, 0) is 4.79 Å². The van der Waals surface area contributed by atoms with Crippen LogP contribution in [0.15, 0.2) is 18.2 Å². The van der Waals surface area contributed by atoms with Crippen molar-refractivity contribution < 1.29 is 14.7 Å². The summed E-state index contributed by atoms with van der Waals surface area (Å²) in [5.41, 5.74) is 7.19. The zero-order valence-corrected chi connectivity index (χ0v) is 11.8. The number of carbonyl (C=O) groups excluding carboxylic acids is 1. The molecule has 0 spiro atoms. The van der Waals surface area contributed by atoms with Gasteiger partial charge < -0.3 is 16.2 Å². The molecule has 5 nitrogen and oxygen atoms in total. The fraction of sp³-hybridized carbons (Fsp3) is 0.385. The summed E-state index contributed by atoms with van der Waals surface area (Å²) in [6.07, 6.45) is 2.54. The van der Waals surface area contributed by atoms with Crippen LogP contribution in [0.2, 0.25) is 0 Å². The molecule has 6 heteroatoms. The number of anilines is 1. The third-order valence-electron chi connectivity index (χ3n) is 2.71. The Hall–Kier alpha value is -1.53. The Balaban J connectivity index is 2.78. The Kier molecular flexibility index (Phi) is 5.85. The second-order valence-electron chi connectivity index (χ2n) is 4.21. The normalized spacial score (nSPS) is 11.9. The van der Waals surface area contributed by atoms with E-state index in [0.29, 0.717) is 12.1 Å². The fourth-order valence-electron chi connectivity index (χ4n) is 1.49. The van der Waals surface area contributed by atoms with E-state index in [1.165, 1.54) is 12.1 Å². The van der Waals surface area contributed by atoms with Crippen molar-refractivity contribution in [2.24, 2.45) is 5.73 Å². The summed E-state index contributed by atoms with van der Waals surface area (Å²) in [4.78, 5) is 22.7. The second-order valence-corrected chi connectivity index (χ2v) is 5.20. The molecular formula is C13H18N2O3S. The lowest BCUT2D eigenvalue weighted by atomic mass is 10.1. The number of benzene rings is 1. The number of carbonyl (C=O) groups is 2. The number of nitrogens with one attached hydrogen (secondary N) is 1. The van der Waals surface area contributed by atoms with Crippen LogP contribution in [0.3, 0.4) is 0 Å². The lowest BCUT2D eigenvalue weighted by Gasteiger charge is -2.13. The van der Waals surface area contributed by atoms with E-state index < -0.39 is 12.0 Å². The standard InChI is InChI=1S/C13H18N2O3S/c1-8-3-4-9(13(17)18)7-11(8)15-12(16)10(14)5-6-19-2/h3-4,7,10H,5-6,14H2,1-2H3,(H,15,16)(H,17,18)/t10-/m1/s1. The average Bonchev–Trinajstić information content (AvgIpc) is 2.38. The van der Waals surface area contributed by atoms with E-state index in [1.807, 2.05) is 6.26 Å². The van der Waals surface area contributed by atoms with Gasteiger partial charge in [-0.25, -0.2) is 4.79 Å². The molecule has 0 radical (unpaired) electrons. The van der Waals surface area contributed by atoms with Crippen molar-refractivity contribution in [2.45, 2.75) is 19.4 Å². The molecule has 0 heterocycles. The van der Waals surface area contributed by atoms with Crippen LogP contribution in [-0.4, -0.2) is 35.0 Å². The molecule has 0 fully saturated rings. The third-order valence-corrected chi connectivity index (χ3v) is 3.36. The number of rotatable bonds is 6. The number of nitrogens with two attached hydrogens (primary N) is 1. The molecule has 1 amide bonds. The first kappa shape index (κ1) is 15.5. The van der Waals surface area contributed by atoms with E-state index in [-0.39, 0.29) is 11.5 Å². The quantitative estimate of drug-likeness (QED) is 0.738. The van der Waals surface area contributed by atoms with E-state index in [1.54, 1.807) is 24.8 Å². The Morgan fingerprint density at radius 1 is 1.47 bits per heavy atom. The molecule has 0 saturated heterocycles. The van der Waals surface area contributed by atoms with Crippen molar-refractivity contribution in [1.82, 2.24) is 0 Å². The molecule has 0 aliphatic rings. The Morgan fingerprint density at radius 3 is 2.74 bits per heavy atom. The van der Waals surface area contributed by atoms with Gasteiger partial charge in [0.2, 0.25) is 5.91 Å². The first-order chi connectivity index (χ1) is 8.95. The highest BCUT2D eigenvalue weighted by atomic mass is 32.2. The zero-order chi connectivity index (χ0) is 14.4. The molecule has 0 aromatic heterocycles. The second kappa shape index (κ2) is 7.16. The Labute approximate surface area is 116 Å². The van der Waals surface area contributed by atoms with Gasteiger partial charge in [0, 0.05) is 5.69 Å². The lowest BCUT2D eigenvalue weighted by Crippen LogP contribution is -2.36. The molecule has 0 saturated carbocycles. The molecule has 0 bridgehead atoms. The maximum Gasteiger partial charge on any atom is 0.335 e. The zero-order valence-electron chi connectivity index (χ0n) is 11.0. The Morgan fingerprint density at radius 2 is 2.16 bits per heavy atom. The Bertz CT molecular complexity index is 477. The molecule has 0 aliphatic heterocycles. The fourth-order valence-corrected chi connectivity index (χ4v) is 1.98. The van der Waals surface area contributed by atoms with Gasteiger partial charge in [0.15, 0.2) is 0 Å². The highest BCUT2D eigenvalue weighted by molar-refractivity contribution is 7.98. The van der Waals surface area contributed by atoms with Gasteiger partial charge >= 0.3 is 5.97 Å². The summed E-state index contributed by atoms with van der Waals surface area (Å²) < 4.78 is 0. The molecule has 1 aromatic carbocycles. The molecule has 0 unspecified atom stereocenters. The SMILES string of the molecule is CSCC[C@@H](N)C(=O)Nc1cc(C(=O)O)ccc1C. The van der Waals surface area contributed by atoms with Crippen molar-refractivity contribution in [1.29, 1.82) is 0 Å². The first-order valence-corrected chi connectivity index (χ1v) is 7.24. The number of hydrogen-bond acceptors (Lipinski definition) is 4. The number of aromatic carboxylic acids is 1. The minimum atomic E-state index is -1.03. The molecule has 104 valence electrons. The van der Waals surface area contributed by atoms with Crippen molar-refractivity contribution in [3.8, 4) is 0 Å². The summed E-state index contributed by atoms with van der Waals surface area (Å²) in [6, 6.07) is 4.02. The number of aryl methyl sites for hydroxylation is 1. The highest BCUT2D eigenvalue weighted by Gasteiger charge is 2.15. The predicted molar refractivity (Wildman–Crippen MR) is 77.7 cm³/mol. The van der Waals surface area contributed by atoms with Crippen LogP contribution in [0.25, 0.3) is 0 Å². The maximum absolute atomic E-state index is 11.9. The number of hydrogen-bond donors (Lipinski definition) is 3. The van der Waals surface area contributed by atoms with Crippen LogP contribution in [0.1, 0.15) is 22.3 Å². The smallest absolute Gasteiger partial charge is 0.335 e. The van der Waals surface area contributed by atoms with Crippen LogP contribution in [0.5, 0.6) is 0 Å². The van der Waals surface area contributed by atoms with Gasteiger partial charge in [-0.1, -0.05) is 6.07 Å². The van der Waals surface area contributed by atoms with Crippen molar-refractivity contribution >= 4 is 29.3 Å². The van der Waals surface area contributed by atoms with Crippen molar-refractivity contribution in [3.63, 3.8) is 0 Å². The summed E-state index contributed by atoms with van der Waals surface area (Å²) >= 11 is 1.63. The maximum atomic E-state index is 11.9. The minimum Gasteiger partial charge on any atom is -0.478 e. The van der Waals surface area contributed by atoms with Gasteiger partial charge in [-0.2, -0.15) is 11.8 Å². The van der Waals surface area contributed by atoms with Gasteiger partial charge in [0.05, 0.1) is 11.6 Å². The minimum absolute atomic E-state index is 0.138. The summed E-state index contributed by atoms with van der Waals surface area (Å²) in [6.45, 7) is 1.80. The van der Waals surface area contributed by atoms with E-state index in [0.717, 1.165) is 11.3 Å². The van der Waals surface area contributed by atoms with Crippen molar-refractivity contribution in [2.75, 3.05) is 17.3 Å². The van der Waals surface area contributed by atoms with Crippen LogP contribution >= 0.6 is 11.8 Å². The van der Waals surface area contributed by atoms with Crippen LogP contribution in [0.4, 0.5) is 5.69 Å². The number of carboxylic acids is 1. The van der Waals surface area contributed by atoms with Gasteiger partial charge in [0.25, 0.3) is 0 Å². The first-order valence-electron chi connectivity index (χ1n) is 5.85. The average molecular weight is 282 g/mol. The topological polar surface area (TPSA) is 92.4 Å². The third kappa shape index (κ3) is 4.57. The predicted octanol–water partition coefficient (Wildman–Crippen LogP) is 1.71. The van der Waals surface area contributed by atoms with Crippen molar-refractivity contribution in [3.05, 3.63) is 29.3 Å². The number of thioether (sulfide) groups is 1. The highest BCUT2D eigenvalue weighted by Crippen LogP contribution is 2.17.